The Bertz CT molecular complexity index is 2100. The van der Waals surface area contributed by atoms with Crippen LogP contribution >= 0.6 is 34.9 Å². The van der Waals surface area contributed by atoms with E-state index in [2.05, 4.69) is 15.5 Å². The number of anilines is 1. The summed E-state index contributed by atoms with van der Waals surface area (Å²) in [7, 11) is 0. The van der Waals surface area contributed by atoms with E-state index in [4.69, 9.17) is 25.2 Å². The van der Waals surface area contributed by atoms with Crippen LogP contribution < -0.4 is 25.1 Å². The van der Waals surface area contributed by atoms with E-state index in [1.165, 1.54) is 45.6 Å². The third kappa shape index (κ3) is 9.13. The van der Waals surface area contributed by atoms with Gasteiger partial charge >= 0.3 is 29.8 Å². The van der Waals surface area contributed by atoms with Crippen molar-refractivity contribution in [1.29, 1.82) is 0 Å². The highest BCUT2D eigenvalue weighted by Gasteiger charge is 2.54. The number of hydrogen-bond donors (Lipinski definition) is 5. The fraction of sp³-hybridized carbons (Fsp3) is 0.250. The molecule has 2 amide bonds. The first kappa shape index (κ1) is 39.2. The van der Waals surface area contributed by atoms with Crippen molar-refractivity contribution >= 4 is 87.4 Å². The Balaban J connectivity index is 1.34. The van der Waals surface area contributed by atoms with Gasteiger partial charge in [0.15, 0.2) is 34.7 Å². The second-order valence-electron chi connectivity index (χ2n) is 11.2. The summed E-state index contributed by atoms with van der Waals surface area (Å²) in [6.07, 6.45) is 1.26. The van der Waals surface area contributed by atoms with Gasteiger partial charge < -0.3 is 40.7 Å². The molecule has 1 fully saturated rings. The van der Waals surface area contributed by atoms with Crippen LogP contribution in [0.2, 0.25) is 0 Å². The molecule has 4 heterocycles. The third-order valence-electron chi connectivity index (χ3n) is 7.36. The van der Waals surface area contributed by atoms with Crippen LogP contribution in [-0.2, 0) is 44.9 Å². The van der Waals surface area contributed by atoms with E-state index in [9.17, 15) is 43.8 Å². The molecule has 19 nitrogen and oxygen atoms in total. The number of pyridine rings is 1. The summed E-state index contributed by atoms with van der Waals surface area (Å²) >= 11 is 3.45. The number of aromatic nitrogens is 2. The number of thioether (sulfide) groups is 2. The summed E-state index contributed by atoms with van der Waals surface area (Å²) in [6, 6.07) is 5.63. The predicted molar refractivity (Wildman–Crippen MR) is 188 cm³/mol. The van der Waals surface area contributed by atoms with E-state index in [0.717, 1.165) is 41.0 Å². The normalized spacial score (nSPS) is 17.1. The minimum Gasteiger partial charge on any atom is -0.478 e. The Hall–Kier alpha value is -6.00. The number of thiazole rings is 1. The summed E-state index contributed by atoms with van der Waals surface area (Å²) in [5, 5.41) is 35.9. The number of esters is 2. The van der Waals surface area contributed by atoms with Crippen molar-refractivity contribution in [3.63, 3.8) is 0 Å². The summed E-state index contributed by atoms with van der Waals surface area (Å²) < 4.78 is 11.5. The lowest BCUT2D eigenvalue weighted by atomic mass is 10.0. The van der Waals surface area contributed by atoms with Gasteiger partial charge in [-0.15, -0.1) is 34.9 Å². The largest absolute Gasteiger partial charge is 0.478 e. The fourth-order valence-corrected chi connectivity index (χ4v) is 8.01. The molecular formula is C32H29N6O13S3+. The number of nitrogens with one attached hydrogen (secondary N) is 1. The van der Waals surface area contributed by atoms with Gasteiger partial charge in [0, 0.05) is 53.3 Å². The standard InChI is InChI=1S/C32H28N6O13S3/c1-14(39)49-20-4-3-16(9-21(20)50-15(2)40)26(31(47)48)51-36-23(19-13-54-32(33)34-19)27(43)35-24-28(44)38-25(30(45)46)17(12-53-29(24)38)11-52-18-5-7-37(8-6-18)10-22(41)42/h3-9,13,24,26,29H,10-12H2,1-2H3,(H5-,33,34,35,41,42,43,45,46,47,48)/p+1/b36-23-/t24?,26?,29-/m1/s1. The van der Waals surface area contributed by atoms with Crippen LogP contribution in [-0.4, -0.2) is 95.5 Å². The minimum absolute atomic E-state index is 0.0256. The molecule has 0 spiro atoms. The molecule has 1 saturated heterocycles. The predicted octanol–water partition coefficient (Wildman–Crippen LogP) is 1.03. The number of benzene rings is 1. The molecule has 2 aliphatic rings. The van der Waals surface area contributed by atoms with Crippen LogP contribution in [0.15, 0.2) is 69.4 Å². The number of carboxylic acids is 3. The van der Waals surface area contributed by atoms with Crippen LogP contribution in [0.4, 0.5) is 5.13 Å². The number of hydrogen-bond acceptors (Lipinski definition) is 16. The number of carbonyl (C=O) groups excluding carboxylic acids is 4. The Kier molecular flexibility index (Phi) is 12.2. The average Bonchev–Trinajstić information content (AvgIpc) is 3.53. The number of rotatable bonds is 15. The van der Waals surface area contributed by atoms with E-state index in [1.807, 2.05) is 0 Å². The van der Waals surface area contributed by atoms with Gasteiger partial charge in [-0.3, -0.25) is 24.1 Å². The van der Waals surface area contributed by atoms with Crippen LogP contribution in [0, 0.1) is 0 Å². The van der Waals surface area contributed by atoms with Crippen LogP contribution in [0.3, 0.4) is 0 Å². The molecule has 1 aromatic carbocycles. The molecule has 0 radical (unpaired) electrons. The molecule has 0 aliphatic carbocycles. The molecule has 0 saturated carbocycles. The van der Waals surface area contributed by atoms with Crippen molar-refractivity contribution < 1.29 is 67.8 Å². The highest BCUT2D eigenvalue weighted by molar-refractivity contribution is 8.01. The van der Waals surface area contributed by atoms with Gasteiger partial charge in [0.2, 0.25) is 12.6 Å². The first-order valence-corrected chi connectivity index (χ1v) is 18.3. The lowest BCUT2D eigenvalue weighted by Crippen LogP contribution is -2.71. The number of nitrogens with zero attached hydrogens (tertiary/aromatic N) is 4. The number of fused-ring (bicyclic) bond motifs is 1. The maximum absolute atomic E-state index is 13.6. The summed E-state index contributed by atoms with van der Waals surface area (Å²) in [6.45, 7) is 1.96. The number of oxime groups is 1. The lowest BCUT2D eigenvalue weighted by Gasteiger charge is -2.49. The Morgan fingerprint density at radius 2 is 1.76 bits per heavy atom. The molecule has 0 bridgehead atoms. The van der Waals surface area contributed by atoms with Gasteiger partial charge in [-0.25, -0.2) is 19.4 Å². The molecular weight excluding hydrogens is 773 g/mol. The smallest absolute Gasteiger partial charge is 0.370 e. The lowest BCUT2D eigenvalue weighted by molar-refractivity contribution is -0.686. The molecule has 282 valence electrons. The SMILES string of the molecule is CC(=O)Oc1ccc(C(O/N=C(\C(=O)NC2C(=O)N3C(C(=O)O)=C(CSc4cc[n+](CC(=O)O)cc4)CS[C@H]23)c2csc(N)n2)C(=O)O)cc1OC(C)=O. The topological polar surface area (TPSA) is 278 Å². The minimum atomic E-state index is -1.90. The van der Waals surface area contributed by atoms with Gasteiger partial charge in [-0.05, 0) is 17.7 Å². The summed E-state index contributed by atoms with van der Waals surface area (Å²) in [5.74, 6) is -7.24. The number of ether oxygens (including phenoxy) is 2. The number of nitrogens with two attached hydrogens (primary N) is 1. The van der Waals surface area contributed by atoms with Crippen LogP contribution in [0.5, 0.6) is 11.5 Å². The van der Waals surface area contributed by atoms with E-state index in [1.54, 1.807) is 24.5 Å². The first-order chi connectivity index (χ1) is 25.6. The quantitative estimate of drug-likeness (QED) is 0.0273. The first-order valence-electron chi connectivity index (χ1n) is 15.4. The van der Waals surface area contributed by atoms with Crippen LogP contribution in [0.25, 0.3) is 0 Å². The highest BCUT2D eigenvalue weighted by atomic mass is 32.2. The van der Waals surface area contributed by atoms with Gasteiger partial charge in [-0.1, -0.05) is 11.2 Å². The molecule has 5 rings (SSSR count). The third-order valence-corrected chi connectivity index (χ3v) is 10.5. The zero-order valence-electron chi connectivity index (χ0n) is 28.0. The second kappa shape index (κ2) is 16.8. The zero-order chi connectivity index (χ0) is 39.3. The fourth-order valence-electron chi connectivity index (χ4n) is 5.09. The van der Waals surface area contributed by atoms with Gasteiger partial charge in [-0.2, -0.15) is 4.57 Å². The Morgan fingerprint density at radius 3 is 2.35 bits per heavy atom. The maximum Gasteiger partial charge on any atom is 0.370 e. The second-order valence-corrected chi connectivity index (χ2v) is 14.3. The molecule has 3 atom stereocenters. The van der Waals surface area contributed by atoms with Crippen molar-refractivity contribution in [3.05, 3.63) is 70.6 Å². The molecule has 2 aliphatic heterocycles. The summed E-state index contributed by atoms with van der Waals surface area (Å²) in [5.41, 5.74) is 5.19. The Morgan fingerprint density at radius 1 is 1.07 bits per heavy atom. The number of aliphatic carboxylic acids is 3. The van der Waals surface area contributed by atoms with Crippen molar-refractivity contribution in [1.82, 2.24) is 15.2 Å². The Labute approximate surface area is 316 Å². The maximum atomic E-state index is 13.6. The molecule has 2 unspecified atom stereocenters. The van der Waals surface area contributed by atoms with Crippen molar-refractivity contribution in [2.24, 2.45) is 5.16 Å². The van der Waals surface area contributed by atoms with E-state index >= 15 is 0 Å². The van der Waals surface area contributed by atoms with Gasteiger partial charge in [0.05, 0.1) is 0 Å². The molecule has 3 aromatic rings. The van der Waals surface area contributed by atoms with E-state index in [0.29, 0.717) is 5.57 Å². The van der Waals surface area contributed by atoms with Crippen molar-refractivity contribution in [2.75, 3.05) is 17.2 Å². The average molecular weight is 802 g/mol. The molecule has 2 aromatic heterocycles. The number of carbonyl (C=O) groups is 7. The van der Waals surface area contributed by atoms with Crippen molar-refractivity contribution in [2.45, 2.75) is 42.8 Å². The van der Waals surface area contributed by atoms with Crippen LogP contribution in [0.1, 0.15) is 31.2 Å². The van der Waals surface area contributed by atoms with Gasteiger partial charge in [0.1, 0.15) is 22.8 Å². The monoisotopic (exact) mass is 801 g/mol. The van der Waals surface area contributed by atoms with E-state index in [-0.39, 0.29) is 51.6 Å². The number of carboxylic acid groups (broad SMARTS) is 3. The number of β-lactam (4-membered cyclic amide) rings is 1. The molecule has 6 N–H and O–H groups in total. The molecule has 22 heteroatoms. The highest BCUT2D eigenvalue weighted by Crippen LogP contribution is 2.42. The zero-order valence-corrected chi connectivity index (χ0v) is 30.4. The van der Waals surface area contributed by atoms with Crippen molar-refractivity contribution in [3.8, 4) is 11.5 Å². The molecule has 54 heavy (non-hydrogen) atoms. The summed E-state index contributed by atoms with van der Waals surface area (Å²) in [4.78, 5) is 97.0. The number of nitrogen functional groups attached to an aromatic ring is 1. The van der Waals surface area contributed by atoms with E-state index < -0.39 is 64.9 Å². The van der Waals surface area contributed by atoms with Gasteiger partial charge in [0.25, 0.3) is 11.8 Å². The number of amides is 2.